The molecule has 0 aliphatic heterocycles. The number of halogens is 1. The smallest absolute Gasteiger partial charge is 0.178 e. The number of hydrogen-bond acceptors (Lipinski definition) is 2. The molecule has 0 bridgehead atoms. The topological polar surface area (TPSA) is 30.0 Å². The van der Waals surface area contributed by atoms with Gasteiger partial charge in [-0.1, -0.05) is 23.7 Å². The van der Waals surface area contributed by atoms with E-state index in [-0.39, 0.29) is 5.78 Å². The molecule has 0 radical (unpaired) electrons. The lowest BCUT2D eigenvalue weighted by molar-refractivity contribution is 0.101. The highest BCUT2D eigenvalue weighted by Crippen LogP contribution is 2.21. The summed E-state index contributed by atoms with van der Waals surface area (Å²) < 4.78 is 0. The predicted molar refractivity (Wildman–Crippen MR) is 64.7 cm³/mol. The van der Waals surface area contributed by atoms with E-state index >= 15 is 0 Å². The number of Topliss-reactive ketones (excluding diaryl/α,β-unsaturated/α-hetero) is 1. The van der Waals surface area contributed by atoms with Crippen LogP contribution in [-0.2, 0) is 0 Å². The molecule has 3 heteroatoms. The molecule has 0 N–H and O–H groups in total. The van der Waals surface area contributed by atoms with E-state index in [4.69, 9.17) is 11.6 Å². The van der Waals surface area contributed by atoms with Crippen molar-refractivity contribution in [2.75, 3.05) is 0 Å². The lowest BCUT2D eigenvalue weighted by Crippen LogP contribution is -1.95. The van der Waals surface area contributed by atoms with Gasteiger partial charge in [-0.3, -0.25) is 9.78 Å². The average Bonchev–Trinajstić information content (AvgIpc) is 2.30. The zero-order chi connectivity index (χ0) is 11.5. The second-order valence-electron chi connectivity index (χ2n) is 3.49. The maximum atomic E-state index is 11.2. The Morgan fingerprint density at radius 2 is 1.81 bits per heavy atom. The quantitative estimate of drug-likeness (QED) is 0.739. The zero-order valence-electron chi connectivity index (χ0n) is 8.77. The van der Waals surface area contributed by atoms with Gasteiger partial charge < -0.3 is 0 Å². The maximum absolute atomic E-state index is 11.2. The van der Waals surface area contributed by atoms with Gasteiger partial charge in [0, 0.05) is 18.1 Å². The van der Waals surface area contributed by atoms with Crippen LogP contribution in [0, 0.1) is 0 Å². The second kappa shape index (κ2) is 4.45. The van der Waals surface area contributed by atoms with Crippen molar-refractivity contribution < 1.29 is 4.79 Å². The first kappa shape index (κ1) is 10.8. The van der Waals surface area contributed by atoms with Crippen molar-refractivity contribution in [2.24, 2.45) is 0 Å². The molecule has 2 rings (SSSR count). The Kier molecular flexibility index (Phi) is 3.02. The summed E-state index contributed by atoms with van der Waals surface area (Å²) in [6.07, 6.45) is 1.64. The lowest BCUT2D eigenvalue weighted by Gasteiger charge is -2.02. The van der Waals surface area contributed by atoms with Crippen LogP contribution in [0.2, 0.25) is 5.02 Å². The number of aromatic nitrogens is 1. The molecular weight excluding hydrogens is 222 g/mol. The van der Waals surface area contributed by atoms with Crippen molar-refractivity contribution in [3.63, 3.8) is 0 Å². The molecule has 1 aromatic carbocycles. The molecule has 1 heterocycles. The van der Waals surface area contributed by atoms with Crippen molar-refractivity contribution in [1.82, 2.24) is 4.98 Å². The molecule has 16 heavy (non-hydrogen) atoms. The molecule has 0 aliphatic rings. The highest BCUT2D eigenvalue weighted by molar-refractivity contribution is 6.30. The van der Waals surface area contributed by atoms with Crippen LogP contribution in [0.25, 0.3) is 11.1 Å². The Bertz CT molecular complexity index is 520. The third-order valence-corrected chi connectivity index (χ3v) is 2.55. The normalized spacial score (nSPS) is 10.1. The fourth-order valence-electron chi connectivity index (χ4n) is 1.44. The van der Waals surface area contributed by atoms with Crippen LogP contribution >= 0.6 is 11.6 Å². The van der Waals surface area contributed by atoms with Crippen LogP contribution < -0.4 is 0 Å². The largest absolute Gasteiger partial charge is 0.293 e. The van der Waals surface area contributed by atoms with Crippen molar-refractivity contribution in [3.8, 4) is 11.1 Å². The van der Waals surface area contributed by atoms with Crippen molar-refractivity contribution >= 4 is 17.4 Å². The van der Waals surface area contributed by atoms with Crippen LogP contribution in [0.15, 0.2) is 42.6 Å². The Morgan fingerprint density at radius 3 is 2.44 bits per heavy atom. The third kappa shape index (κ3) is 2.28. The van der Waals surface area contributed by atoms with E-state index in [1.165, 1.54) is 6.92 Å². The van der Waals surface area contributed by atoms with Gasteiger partial charge in [0.25, 0.3) is 0 Å². The Balaban J connectivity index is 2.44. The number of rotatable bonds is 2. The molecule has 1 aromatic heterocycles. The maximum Gasteiger partial charge on any atom is 0.178 e. The third-order valence-electron chi connectivity index (χ3n) is 2.30. The first-order chi connectivity index (χ1) is 7.66. The van der Waals surface area contributed by atoms with E-state index in [9.17, 15) is 4.79 Å². The number of carbonyl (C=O) groups is 1. The zero-order valence-corrected chi connectivity index (χ0v) is 9.53. The summed E-state index contributed by atoms with van der Waals surface area (Å²) in [5.41, 5.74) is 2.47. The Hall–Kier alpha value is -1.67. The average molecular weight is 232 g/mol. The summed E-state index contributed by atoms with van der Waals surface area (Å²) >= 11 is 5.81. The molecule has 0 aliphatic carbocycles. The monoisotopic (exact) mass is 231 g/mol. The van der Waals surface area contributed by atoms with E-state index in [1.807, 2.05) is 30.3 Å². The van der Waals surface area contributed by atoms with Gasteiger partial charge in [-0.2, -0.15) is 0 Å². The van der Waals surface area contributed by atoms with E-state index in [1.54, 1.807) is 12.3 Å². The molecule has 0 saturated carbocycles. The summed E-state index contributed by atoms with van der Waals surface area (Å²) in [6, 6.07) is 11.1. The number of benzene rings is 1. The number of nitrogens with zero attached hydrogens (tertiary/aromatic N) is 1. The molecule has 2 nitrogen and oxygen atoms in total. The van der Waals surface area contributed by atoms with Crippen LogP contribution in [0.4, 0.5) is 0 Å². The van der Waals surface area contributed by atoms with Gasteiger partial charge in [0.1, 0.15) is 5.69 Å². The van der Waals surface area contributed by atoms with Gasteiger partial charge in [-0.15, -0.1) is 0 Å². The second-order valence-corrected chi connectivity index (χ2v) is 3.93. The molecule has 0 fully saturated rings. The van der Waals surface area contributed by atoms with Crippen molar-refractivity contribution in [1.29, 1.82) is 0 Å². The Morgan fingerprint density at radius 1 is 1.12 bits per heavy atom. The van der Waals surface area contributed by atoms with Crippen LogP contribution in [0.5, 0.6) is 0 Å². The lowest BCUT2D eigenvalue weighted by atomic mass is 10.1. The molecule has 0 atom stereocenters. The van der Waals surface area contributed by atoms with Crippen molar-refractivity contribution in [3.05, 3.63) is 53.3 Å². The first-order valence-electron chi connectivity index (χ1n) is 4.90. The summed E-state index contributed by atoms with van der Waals surface area (Å²) in [5, 5.41) is 0.699. The van der Waals surface area contributed by atoms with E-state index in [0.29, 0.717) is 10.7 Å². The number of hydrogen-bond donors (Lipinski definition) is 0. The van der Waals surface area contributed by atoms with Crippen LogP contribution in [0.3, 0.4) is 0 Å². The fourth-order valence-corrected chi connectivity index (χ4v) is 1.57. The molecule has 0 unspecified atom stereocenters. The highest BCUT2D eigenvalue weighted by Gasteiger charge is 2.03. The molecule has 80 valence electrons. The minimum Gasteiger partial charge on any atom is -0.293 e. The minimum absolute atomic E-state index is 0.0317. The highest BCUT2D eigenvalue weighted by atomic mass is 35.5. The first-order valence-corrected chi connectivity index (χ1v) is 5.27. The standard InChI is InChI=1S/C13H10ClNO/c1-9(16)13-8-11(6-7-15-13)10-2-4-12(14)5-3-10/h2-8H,1H3. The molecule has 0 saturated heterocycles. The summed E-state index contributed by atoms with van der Waals surface area (Å²) in [6.45, 7) is 1.51. The minimum atomic E-state index is -0.0317. The molecule has 2 aromatic rings. The molecular formula is C13H10ClNO. The summed E-state index contributed by atoms with van der Waals surface area (Å²) in [5.74, 6) is -0.0317. The fraction of sp³-hybridized carbons (Fsp3) is 0.0769. The van der Waals surface area contributed by atoms with E-state index in [2.05, 4.69) is 4.98 Å². The molecule has 0 spiro atoms. The van der Waals surface area contributed by atoms with Gasteiger partial charge in [0.15, 0.2) is 5.78 Å². The van der Waals surface area contributed by atoms with Gasteiger partial charge in [-0.25, -0.2) is 0 Å². The van der Waals surface area contributed by atoms with Gasteiger partial charge in [0.2, 0.25) is 0 Å². The predicted octanol–water partition coefficient (Wildman–Crippen LogP) is 3.60. The number of ketones is 1. The summed E-state index contributed by atoms with van der Waals surface area (Å²) in [7, 11) is 0. The van der Waals surface area contributed by atoms with Gasteiger partial charge in [-0.05, 0) is 35.4 Å². The van der Waals surface area contributed by atoms with Gasteiger partial charge >= 0.3 is 0 Å². The van der Waals surface area contributed by atoms with E-state index in [0.717, 1.165) is 11.1 Å². The Labute approximate surface area is 98.9 Å². The van der Waals surface area contributed by atoms with Gasteiger partial charge in [0.05, 0.1) is 0 Å². The van der Waals surface area contributed by atoms with Crippen LogP contribution in [-0.4, -0.2) is 10.8 Å². The number of pyridine rings is 1. The summed E-state index contributed by atoms with van der Waals surface area (Å²) in [4.78, 5) is 15.2. The molecule has 0 amide bonds. The van der Waals surface area contributed by atoms with E-state index < -0.39 is 0 Å². The number of carbonyl (C=O) groups excluding carboxylic acids is 1. The van der Waals surface area contributed by atoms with Crippen LogP contribution in [0.1, 0.15) is 17.4 Å². The SMILES string of the molecule is CC(=O)c1cc(-c2ccc(Cl)cc2)ccn1. The van der Waals surface area contributed by atoms with Crippen molar-refractivity contribution in [2.45, 2.75) is 6.92 Å².